The zero-order valence-corrected chi connectivity index (χ0v) is 9.70. The second-order valence-corrected chi connectivity index (χ2v) is 6.08. The Morgan fingerprint density at radius 1 is 1.62 bits per heavy atom. The van der Waals surface area contributed by atoms with Crippen molar-refractivity contribution in [3.8, 4) is 0 Å². The van der Waals surface area contributed by atoms with Gasteiger partial charge in [-0.3, -0.25) is 4.79 Å². The number of nitrogens with two attached hydrogens (primary N) is 1. The van der Waals surface area contributed by atoms with Crippen molar-refractivity contribution >= 4 is 21.6 Å². The van der Waals surface area contributed by atoms with Crippen LogP contribution in [0.1, 0.15) is 13.3 Å². The van der Waals surface area contributed by atoms with Crippen molar-refractivity contribution in [1.29, 1.82) is 0 Å². The van der Waals surface area contributed by atoms with Crippen LogP contribution in [-0.2, 0) is 14.6 Å². The third kappa shape index (κ3) is 3.09. The van der Waals surface area contributed by atoms with Gasteiger partial charge in [0.1, 0.15) is 0 Å². The summed E-state index contributed by atoms with van der Waals surface area (Å²) in [6.45, 7) is 1.48. The molecule has 1 aliphatic rings. The number of oxime groups is 1. The van der Waals surface area contributed by atoms with E-state index in [9.17, 15) is 13.2 Å². The molecule has 1 heterocycles. The van der Waals surface area contributed by atoms with Crippen molar-refractivity contribution in [2.75, 3.05) is 11.5 Å². The number of amides is 1. The number of nitrogens with one attached hydrogen (secondary N) is 1. The summed E-state index contributed by atoms with van der Waals surface area (Å²) in [6, 6.07) is -0.369. The molecule has 0 spiro atoms. The zero-order valence-electron chi connectivity index (χ0n) is 8.88. The van der Waals surface area contributed by atoms with Crippen LogP contribution in [0.4, 0.5) is 0 Å². The van der Waals surface area contributed by atoms with E-state index in [-0.39, 0.29) is 23.4 Å². The average molecular weight is 249 g/mol. The molecular formula is C8H15N3O4S. The van der Waals surface area contributed by atoms with Crippen LogP contribution in [0.15, 0.2) is 5.16 Å². The van der Waals surface area contributed by atoms with Crippen molar-refractivity contribution in [2.24, 2.45) is 16.8 Å². The van der Waals surface area contributed by atoms with Gasteiger partial charge >= 0.3 is 0 Å². The molecule has 2 unspecified atom stereocenters. The highest BCUT2D eigenvalue weighted by atomic mass is 32.2. The lowest BCUT2D eigenvalue weighted by atomic mass is 10.1. The molecule has 4 N–H and O–H groups in total. The molecular weight excluding hydrogens is 234 g/mol. The van der Waals surface area contributed by atoms with Gasteiger partial charge in [0.25, 0.3) is 0 Å². The zero-order chi connectivity index (χ0) is 12.3. The maximum Gasteiger partial charge on any atom is 0.230 e. The van der Waals surface area contributed by atoms with E-state index in [1.54, 1.807) is 0 Å². The lowest BCUT2D eigenvalue weighted by molar-refractivity contribution is -0.123. The average Bonchev–Trinajstić information content (AvgIpc) is 2.55. The summed E-state index contributed by atoms with van der Waals surface area (Å²) in [4.78, 5) is 11.5. The Bertz CT molecular complexity index is 404. The molecule has 1 saturated heterocycles. The first-order valence-corrected chi connectivity index (χ1v) is 6.66. The third-order valence-corrected chi connectivity index (χ3v) is 4.30. The molecule has 16 heavy (non-hydrogen) atoms. The number of carbonyl (C=O) groups is 1. The summed E-state index contributed by atoms with van der Waals surface area (Å²) in [5, 5.41) is 13.7. The topological polar surface area (TPSA) is 122 Å². The van der Waals surface area contributed by atoms with Crippen LogP contribution in [0.5, 0.6) is 0 Å². The fraction of sp³-hybridized carbons (Fsp3) is 0.750. The van der Waals surface area contributed by atoms with Crippen LogP contribution >= 0.6 is 0 Å². The molecule has 0 bridgehead atoms. The van der Waals surface area contributed by atoms with E-state index in [1.165, 1.54) is 6.92 Å². The summed E-state index contributed by atoms with van der Waals surface area (Å²) < 4.78 is 22.3. The van der Waals surface area contributed by atoms with Crippen molar-refractivity contribution in [3.05, 3.63) is 0 Å². The molecule has 1 amide bonds. The Labute approximate surface area is 93.6 Å². The molecule has 7 nitrogen and oxygen atoms in total. The minimum atomic E-state index is -3.02. The van der Waals surface area contributed by atoms with E-state index in [0.29, 0.717) is 6.42 Å². The maximum absolute atomic E-state index is 11.5. The van der Waals surface area contributed by atoms with Gasteiger partial charge in [0.05, 0.1) is 17.4 Å². The van der Waals surface area contributed by atoms with E-state index in [1.807, 2.05) is 0 Å². The number of carbonyl (C=O) groups excluding carboxylic acids is 1. The van der Waals surface area contributed by atoms with Crippen molar-refractivity contribution in [1.82, 2.24) is 5.32 Å². The molecule has 0 aromatic carbocycles. The van der Waals surface area contributed by atoms with Gasteiger partial charge in [-0.2, -0.15) is 0 Å². The van der Waals surface area contributed by atoms with E-state index < -0.39 is 21.7 Å². The number of sulfone groups is 1. The fourth-order valence-electron chi connectivity index (χ4n) is 1.46. The highest BCUT2D eigenvalue weighted by molar-refractivity contribution is 7.91. The number of rotatable bonds is 3. The van der Waals surface area contributed by atoms with Crippen LogP contribution in [0.2, 0.25) is 0 Å². The molecule has 1 fully saturated rings. The van der Waals surface area contributed by atoms with E-state index >= 15 is 0 Å². The van der Waals surface area contributed by atoms with Crippen LogP contribution in [0, 0.1) is 5.92 Å². The molecule has 0 aliphatic carbocycles. The Hall–Kier alpha value is -1.31. The smallest absolute Gasteiger partial charge is 0.230 e. The van der Waals surface area contributed by atoms with E-state index in [4.69, 9.17) is 10.9 Å². The minimum Gasteiger partial charge on any atom is -0.409 e. The molecule has 1 rings (SSSR count). The summed E-state index contributed by atoms with van der Waals surface area (Å²) >= 11 is 0. The predicted molar refractivity (Wildman–Crippen MR) is 57.8 cm³/mol. The standard InChI is InChI=1S/C8H15N3O4S/c1-5(7(9)11-13)8(12)10-6-2-3-16(14,15)4-6/h5-6,13H,2-4H2,1H3,(H2,9,11)(H,10,12). The Kier molecular flexibility index (Phi) is 3.74. The molecule has 0 aromatic heterocycles. The van der Waals surface area contributed by atoms with Crippen LogP contribution < -0.4 is 11.1 Å². The molecule has 1 aliphatic heterocycles. The van der Waals surface area contributed by atoms with Crippen molar-refractivity contribution < 1.29 is 18.4 Å². The van der Waals surface area contributed by atoms with Crippen LogP contribution in [0.25, 0.3) is 0 Å². The van der Waals surface area contributed by atoms with Gasteiger partial charge in [0, 0.05) is 6.04 Å². The van der Waals surface area contributed by atoms with E-state index in [0.717, 1.165) is 0 Å². The van der Waals surface area contributed by atoms with E-state index in [2.05, 4.69) is 10.5 Å². The SMILES string of the molecule is CC(C(=O)NC1CCS(=O)(=O)C1)C(N)=NO. The normalized spacial score (nSPS) is 26.3. The molecule has 0 aromatic rings. The van der Waals surface area contributed by atoms with Crippen LogP contribution in [-0.4, -0.2) is 42.9 Å². The fourth-order valence-corrected chi connectivity index (χ4v) is 3.13. The molecule has 92 valence electrons. The quantitative estimate of drug-likeness (QED) is 0.248. The lowest BCUT2D eigenvalue weighted by Crippen LogP contribution is -2.42. The highest BCUT2D eigenvalue weighted by Crippen LogP contribution is 2.11. The van der Waals surface area contributed by atoms with Crippen LogP contribution in [0.3, 0.4) is 0 Å². The minimum absolute atomic E-state index is 0.0400. The Morgan fingerprint density at radius 2 is 2.25 bits per heavy atom. The Balaban J connectivity index is 2.53. The number of hydrogen-bond acceptors (Lipinski definition) is 5. The highest BCUT2D eigenvalue weighted by Gasteiger charge is 2.30. The summed E-state index contributed by atoms with van der Waals surface area (Å²) in [5.41, 5.74) is 5.27. The summed E-state index contributed by atoms with van der Waals surface area (Å²) in [6.07, 6.45) is 0.414. The maximum atomic E-state index is 11.5. The largest absolute Gasteiger partial charge is 0.409 e. The molecule has 0 saturated carbocycles. The third-order valence-electron chi connectivity index (χ3n) is 2.53. The van der Waals surface area contributed by atoms with Gasteiger partial charge in [-0.15, -0.1) is 0 Å². The second-order valence-electron chi connectivity index (χ2n) is 3.86. The van der Waals surface area contributed by atoms with Gasteiger partial charge in [-0.25, -0.2) is 8.42 Å². The Morgan fingerprint density at radius 3 is 2.69 bits per heavy atom. The van der Waals surface area contributed by atoms with Gasteiger partial charge in [-0.05, 0) is 13.3 Å². The first-order chi connectivity index (χ1) is 7.35. The molecule has 8 heteroatoms. The van der Waals surface area contributed by atoms with Crippen molar-refractivity contribution in [3.63, 3.8) is 0 Å². The monoisotopic (exact) mass is 249 g/mol. The number of nitrogens with zero attached hydrogens (tertiary/aromatic N) is 1. The molecule has 2 atom stereocenters. The number of amidine groups is 1. The van der Waals surface area contributed by atoms with Gasteiger partial charge in [-0.1, -0.05) is 5.16 Å². The second kappa shape index (κ2) is 4.69. The number of hydrogen-bond donors (Lipinski definition) is 3. The molecule has 0 radical (unpaired) electrons. The predicted octanol–water partition coefficient (Wildman–Crippen LogP) is -1.33. The van der Waals surface area contributed by atoms with Gasteiger partial charge in [0.2, 0.25) is 5.91 Å². The summed E-state index contributed by atoms with van der Waals surface area (Å²) in [5.74, 6) is -1.35. The first kappa shape index (κ1) is 12.8. The van der Waals surface area contributed by atoms with Gasteiger partial charge in [0.15, 0.2) is 15.7 Å². The first-order valence-electron chi connectivity index (χ1n) is 4.84. The van der Waals surface area contributed by atoms with Crippen molar-refractivity contribution in [2.45, 2.75) is 19.4 Å². The summed E-state index contributed by atoms with van der Waals surface area (Å²) in [7, 11) is -3.02. The lowest BCUT2D eigenvalue weighted by Gasteiger charge is -2.14. The van der Waals surface area contributed by atoms with Gasteiger partial charge < -0.3 is 16.3 Å².